The third-order valence-electron chi connectivity index (χ3n) is 4.00. The van der Waals surface area contributed by atoms with Gasteiger partial charge in [-0.2, -0.15) is 4.31 Å². The van der Waals surface area contributed by atoms with Crippen molar-refractivity contribution in [1.82, 2.24) is 9.62 Å². The SMILES string of the molecule is CCN(CC)S(=O)(=O)c1ccc(NC(=O)CNC(=O)c2ccc(F)cc2)cc1. The predicted molar refractivity (Wildman–Crippen MR) is 104 cm³/mol. The zero-order valence-electron chi connectivity index (χ0n) is 15.6. The molecule has 0 heterocycles. The number of carbonyl (C=O) groups is 2. The smallest absolute Gasteiger partial charge is 0.251 e. The van der Waals surface area contributed by atoms with Crippen LogP contribution in [-0.2, 0) is 14.8 Å². The van der Waals surface area contributed by atoms with Crippen molar-refractivity contribution in [2.75, 3.05) is 25.0 Å². The average molecular weight is 407 g/mol. The van der Waals surface area contributed by atoms with Crippen LogP contribution in [0.15, 0.2) is 53.4 Å². The lowest BCUT2D eigenvalue weighted by Crippen LogP contribution is -2.33. The van der Waals surface area contributed by atoms with Crippen LogP contribution in [-0.4, -0.2) is 44.2 Å². The van der Waals surface area contributed by atoms with E-state index >= 15 is 0 Å². The maximum absolute atomic E-state index is 12.9. The van der Waals surface area contributed by atoms with Crippen molar-refractivity contribution in [1.29, 1.82) is 0 Å². The molecule has 28 heavy (non-hydrogen) atoms. The monoisotopic (exact) mass is 407 g/mol. The molecule has 0 aliphatic carbocycles. The summed E-state index contributed by atoms with van der Waals surface area (Å²) in [6.07, 6.45) is 0. The van der Waals surface area contributed by atoms with Gasteiger partial charge in [0.05, 0.1) is 11.4 Å². The minimum atomic E-state index is -3.56. The zero-order valence-corrected chi connectivity index (χ0v) is 16.4. The molecule has 9 heteroatoms. The molecule has 0 aromatic heterocycles. The quantitative estimate of drug-likeness (QED) is 0.701. The largest absolute Gasteiger partial charge is 0.343 e. The summed E-state index contributed by atoms with van der Waals surface area (Å²) in [6.45, 7) is 3.97. The van der Waals surface area contributed by atoms with E-state index in [-0.39, 0.29) is 17.0 Å². The topological polar surface area (TPSA) is 95.6 Å². The van der Waals surface area contributed by atoms with E-state index in [4.69, 9.17) is 0 Å². The Morgan fingerprint density at radius 2 is 1.54 bits per heavy atom. The predicted octanol–water partition coefficient (Wildman–Crippen LogP) is 2.22. The highest BCUT2D eigenvalue weighted by Crippen LogP contribution is 2.18. The van der Waals surface area contributed by atoms with Gasteiger partial charge >= 0.3 is 0 Å². The highest BCUT2D eigenvalue weighted by Gasteiger charge is 2.21. The van der Waals surface area contributed by atoms with Crippen molar-refractivity contribution >= 4 is 27.5 Å². The molecule has 2 rings (SSSR count). The number of benzene rings is 2. The Bertz CT molecular complexity index is 925. The second kappa shape index (κ2) is 9.43. The summed E-state index contributed by atoms with van der Waals surface area (Å²) in [5, 5.41) is 5.00. The first-order valence-electron chi connectivity index (χ1n) is 8.71. The summed E-state index contributed by atoms with van der Waals surface area (Å²) in [7, 11) is -3.56. The van der Waals surface area contributed by atoms with Crippen LogP contribution in [0.3, 0.4) is 0 Å². The van der Waals surface area contributed by atoms with Gasteiger partial charge in [0.15, 0.2) is 0 Å². The van der Waals surface area contributed by atoms with E-state index in [2.05, 4.69) is 10.6 Å². The maximum atomic E-state index is 12.9. The summed E-state index contributed by atoms with van der Waals surface area (Å²) >= 11 is 0. The van der Waals surface area contributed by atoms with Crippen molar-refractivity contribution < 1.29 is 22.4 Å². The Kier molecular flexibility index (Phi) is 7.24. The first-order valence-corrected chi connectivity index (χ1v) is 10.2. The van der Waals surface area contributed by atoms with Gasteiger partial charge in [0.1, 0.15) is 5.82 Å². The Morgan fingerprint density at radius 1 is 0.964 bits per heavy atom. The van der Waals surface area contributed by atoms with E-state index in [1.807, 2.05) is 0 Å². The van der Waals surface area contributed by atoms with Gasteiger partial charge in [-0.05, 0) is 48.5 Å². The lowest BCUT2D eigenvalue weighted by Gasteiger charge is -2.18. The number of nitrogens with one attached hydrogen (secondary N) is 2. The summed E-state index contributed by atoms with van der Waals surface area (Å²) in [5.74, 6) is -1.44. The van der Waals surface area contributed by atoms with Gasteiger partial charge in [-0.15, -0.1) is 0 Å². The minimum absolute atomic E-state index is 0.138. The number of halogens is 1. The van der Waals surface area contributed by atoms with Crippen LogP contribution in [0.4, 0.5) is 10.1 Å². The summed E-state index contributed by atoms with van der Waals surface area (Å²) in [4.78, 5) is 24.0. The molecular formula is C19H22FN3O4S. The van der Waals surface area contributed by atoms with Gasteiger partial charge in [0.2, 0.25) is 15.9 Å². The number of hydrogen-bond acceptors (Lipinski definition) is 4. The Balaban J connectivity index is 1.94. The van der Waals surface area contributed by atoms with Crippen LogP contribution < -0.4 is 10.6 Å². The van der Waals surface area contributed by atoms with Gasteiger partial charge in [0, 0.05) is 24.3 Å². The van der Waals surface area contributed by atoms with Crippen molar-refractivity contribution in [3.8, 4) is 0 Å². The summed E-state index contributed by atoms with van der Waals surface area (Å²) in [6, 6.07) is 10.7. The molecule has 2 amide bonds. The third kappa shape index (κ3) is 5.37. The highest BCUT2D eigenvalue weighted by molar-refractivity contribution is 7.89. The molecule has 2 aromatic rings. The first kappa shape index (κ1) is 21.5. The number of sulfonamides is 1. The molecular weight excluding hydrogens is 385 g/mol. The fourth-order valence-corrected chi connectivity index (χ4v) is 3.95. The molecule has 0 unspecified atom stereocenters. The maximum Gasteiger partial charge on any atom is 0.251 e. The molecule has 7 nitrogen and oxygen atoms in total. The molecule has 0 spiro atoms. The van der Waals surface area contributed by atoms with E-state index in [0.717, 1.165) is 12.1 Å². The van der Waals surface area contributed by atoms with Gasteiger partial charge in [-0.25, -0.2) is 12.8 Å². The fraction of sp³-hybridized carbons (Fsp3) is 0.263. The molecule has 0 saturated heterocycles. The van der Waals surface area contributed by atoms with Crippen molar-refractivity contribution in [3.63, 3.8) is 0 Å². The van der Waals surface area contributed by atoms with Crippen LogP contribution >= 0.6 is 0 Å². The third-order valence-corrected chi connectivity index (χ3v) is 6.06. The van der Waals surface area contributed by atoms with E-state index in [0.29, 0.717) is 18.8 Å². The number of carbonyl (C=O) groups excluding carboxylic acids is 2. The summed E-state index contributed by atoms with van der Waals surface area (Å²) < 4.78 is 39.1. The van der Waals surface area contributed by atoms with E-state index in [9.17, 15) is 22.4 Å². The normalized spacial score (nSPS) is 11.3. The van der Waals surface area contributed by atoms with Gasteiger partial charge in [-0.1, -0.05) is 13.8 Å². The molecule has 2 aromatic carbocycles. The summed E-state index contributed by atoms with van der Waals surface area (Å²) in [5.41, 5.74) is 0.639. The molecule has 0 bridgehead atoms. The number of hydrogen-bond donors (Lipinski definition) is 2. The van der Waals surface area contributed by atoms with Crippen LogP contribution in [0.25, 0.3) is 0 Å². The lowest BCUT2D eigenvalue weighted by atomic mass is 10.2. The fourth-order valence-electron chi connectivity index (χ4n) is 2.49. The molecule has 0 fully saturated rings. The number of rotatable bonds is 8. The lowest BCUT2D eigenvalue weighted by molar-refractivity contribution is -0.115. The van der Waals surface area contributed by atoms with Crippen molar-refractivity contribution in [2.45, 2.75) is 18.7 Å². The van der Waals surface area contributed by atoms with Gasteiger partial charge < -0.3 is 10.6 Å². The van der Waals surface area contributed by atoms with Crippen LogP contribution in [0, 0.1) is 5.82 Å². The Hall–Kier alpha value is -2.78. The van der Waals surface area contributed by atoms with Crippen LogP contribution in [0.1, 0.15) is 24.2 Å². The van der Waals surface area contributed by atoms with Crippen LogP contribution in [0.2, 0.25) is 0 Å². The second-order valence-corrected chi connectivity index (χ2v) is 7.79. The number of anilines is 1. The highest BCUT2D eigenvalue weighted by atomic mass is 32.2. The molecule has 0 aliphatic heterocycles. The minimum Gasteiger partial charge on any atom is -0.343 e. The Morgan fingerprint density at radius 3 is 2.07 bits per heavy atom. The molecule has 0 radical (unpaired) electrons. The Labute approximate surface area is 163 Å². The van der Waals surface area contributed by atoms with E-state index in [1.54, 1.807) is 13.8 Å². The average Bonchev–Trinajstić information content (AvgIpc) is 2.68. The van der Waals surface area contributed by atoms with Crippen LogP contribution in [0.5, 0.6) is 0 Å². The zero-order chi connectivity index (χ0) is 20.7. The van der Waals surface area contributed by atoms with Gasteiger partial charge in [0.25, 0.3) is 5.91 Å². The molecule has 0 saturated carbocycles. The molecule has 0 atom stereocenters. The second-order valence-electron chi connectivity index (χ2n) is 5.85. The molecule has 2 N–H and O–H groups in total. The number of nitrogens with zero attached hydrogens (tertiary/aromatic N) is 1. The van der Waals surface area contributed by atoms with Crippen molar-refractivity contribution in [2.24, 2.45) is 0 Å². The molecule has 150 valence electrons. The van der Waals surface area contributed by atoms with E-state index < -0.39 is 27.7 Å². The molecule has 0 aliphatic rings. The van der Waals surface area contributed by atoms with Gasteiger partial charge in [-0.3, -0.25) is 9.59 Å². The van der Waals surface area contributed by atoms with E-state index in [1.165, 1.54) is 40.7 Å². The van der Waals surface area contributed by atoms with Crippen molar-refractivity contribution in [3.05, 3.63) is 59.9 Å². The number of amides is 2. The standard InChI is InChI=1S/C19H22FN3O4S/c1-3-23(4-2)28(26,27)17-11-9-16(10-12-17)22-18(24)13-21-19(25)14-5-7-15(20)8-6-14/h5-12H,3-4,13H2,1-2H3,(H,21,25)(H,22,24). The first-order chi connectivity index (χ1) is 13.3.